The van der Waals surface area contributed by atoms with Gasteiger partial charge in [0.15, 0.2) is 5.69 Å². The first kappa shape index (κ1) is 71.9. The zero-order chi connectivity index (χ0) is 78.6. The first-order chi connectivity index (χ1) is 56.7. The number of fused-ring (bicyclic) bond motifs is 10. The van der Waals surface area contributed by atoms with Crippen LogP contribution in [0.15, 0.2) is 364 Å². The standard InChI is InChI=1S/C49H30N4.C29H26BNO2.C26H16ClN3/c1-50-38-23-18-33(19-24-38)32-14-16-34(17-15-32)41-27-28-42(45-12-5-4-11-44(41)45)37-22-29-48-49(31-37)52-53(51-48)39-25-20-35(21-26-39)47-30-36-8-2-3-9-40(36)43-10-6-7-13-46(43)47;1-28(2)29(3,4)33-30(32-28)27-18-17-24(25-7-5-6-8-26(25)27)23-15-13-22(14-16-23)21-11-9-20(19-31)10-12-21;27-19-11-14-25-26(16-19)29-30(28-25)20-12-9-17(10-13-20)24-15-18-5-1-2-6-21(18)22-7-3-4-8-23(22)24/h2-31H;5-18H,1-4H3;1-16H. The lowest BCUT2D eigenvalue weighted by Gasteiger charge is -2.32. The topological polar surface area (TPSA) is 108 Å². The monoisotopic (exact) mass is 1510 g/mol. The van der Waals surface area contributed by atoms with E-state index in [-0.39, 0.29) is 11.2 Å². The molecule has 0 spiro atoms. The van der Waals surface area contributed by atoms with Gasteiger partial charge in [-0.2, -0.15) is 14.9 Å². The highest BCUT2D eigenvalue weighted by atomic mass is 35.5. The van der Waals surface area contributed by atoms with Crippen LogP contribution >= 0.6 is 11.6 Å². The van der Waals surface area contributed by atoms with Crippen molar-refractivity contribution in [2.45, 2.75) is 38.9 Å². The molecular weight excluding hydrogens is 1440 g/mol. The molecule has 0 saturated carbocycles. The Bertz CT molecular complexity index is 7270. The highest BCUT2D eigenvalue weighted by Gasteiger charge is 2.52. The van der Waals surface area contributed by atoms with Gasteiger partial charge in [0.2, 0.25) is 0 Å². The Morgan fingerprint density at radius 3 is 1.10 bits per heavy atom. The number of rotatable bonds is 10. The number of hydrogen-bond acceptors (Lipinski definition) is 7. The van der Waals surface area contributed by atoms with Gasteiger partial charge in [0.05, 0.1) is 40.8 Å². The fourth-order valence-corrected chi connectivity index (χ4v) is 16.2. The highest BCUT2D eigenvalue weighted by Crippen LogP contribution is 2.43. The summed E-state index contributed by atoms with van der Waals surface area (Å²) in [5, 5.41) is 43.4. The van der Waals surface area contributed by atoms with Gasteiger partial charge < -0.3 is 9.31 Å². The minimum absolute atomic E-state index is 0.376. The van der Waals surface area contributed by atoms with Crippen molar-refractivity contribution in [1.29, 1.82) is 5.26 Å². The van der Waals surface area contributed by atoms with E-state index in [0.29, 0.717) is 16.3 Å². The number of aromatic nitrogens is 6. The van der Waals surface area contributed by atoms with Gasteiger partial charge in [0.1, 0.15) is 22.1 Å². The average molecular weight is 1510 g/mol. The lowest BCUT2D eigenvalue weighted by atomic mass is 9.75. The molecule has 0 aliphatic carbocycles. The van der Waals surface area contributed by atoms with E-state index in [2.05, 4.69) is 346 Å². The van der Waals surface area contributed by atoms with Crippen molar-refractivity contribution in [2.75, 3.05) is 0 Å². The Morgan fingerprint density at radius 2 is 0.647 bits per heavy atom. The smallest absolute Gasteiger partial charge is 0.399 e. The van der Waals surface area contributed by atoms with Crippen molar-refractivity contribution in [3.8, 4) is 95.3 Å². The summed E-state index contributed by atoms with van der Waals surface area (Å²) in [4.78, 5) is 6.91. The molecule has 550 valence electrons. The molecular formula is C104H72BClN8O2. The van der Waals surface area contributed by atoms with Gasteiger partial charge in [-0.1, -0.05) is 297 Å². The fraction of sp³-hybridized carbons (Fsp3) is 0.0577. The molecule has 10 nitrogen and oxygen atoms in total. The largest absolute Gasteiger partial charge is 0.495 e. The second-order valence-electron chi connectivity index (χ2n) is 30.3. The molecule has 21 rings (SSSR count). The van der Waals surface area contributed by atoms with Crippen molar-refractivity contribution >= 4 is 117 Å². The molecule has 0 N–H and O–H groups in total. The lowest BCUT2D eigenvalue weighted by molar-refractivity contribution is 0.00578. The average Bonchev–Trinajstić information content (AvgIpc) is 1.56. The third-order valence-electron chi connectivity index (χ3n) is 22.8. The van der Waals surface area contributed by atoms with Gasteiger partial charge in [0, 0.05) is 5.02 Å². The van der Waals surface area contributed by atoms with Crippen LogP contribution in [0.1, 0.15) is 33.3 Å². The number of hydrogen-bond donors (Lipinski definition) is 0. The lowest BCUT2D eigenvalue weighted by Crippen LogP contribution is -2.41. The fourth-order valence-electron chi connectivity index (χ4n) is 16.0. The van der Waals surface area contributed by atoms with E-state index in [1.165, 1.54) is 87.1 Å². The number of benzene rings is 18. The van der Waals surface area contributed by atoms with Crippen molar-refractivity contribution in [3.63, 3.8) is 0 Å². The molecule has 116 heavy (non-hydrogen) atoms. The third-order valence-corrected chi connectivity index (χ3v) is 23.1. The molecule has 3 heterocycles. The first-order valence-electron chi connectivity index (χ1n) is 38.8. The van der Waals surface area contributed by atoms with E-state index in [1.54, 1.807) is 9.59 Å². The molecule has 18 aromatic carbocycles. The van der Waals surface area contributed by atoms with Crippen LogP contribution in [0, 0.1) is 17.9 Å². The molecule has 0 atom stereocenters. The Hall–Kier alpha value is -14.4. The van der Waals surface area contributed by atoms with Gasteiger partial charge in [-0.05, 0) is 255 Å². The summed E-state index contributed by atoms with van der Waals surface area (Å²) in [6, 6.07) is 128. The quantitative estimate of drug-likeness (QED) is 0.0762. The normalized spacial score (nSPS) is 12.9. The summed E-state index contributed by atoms with van der Waals surface area (Å²) in [5.74, 6) is 0. The highest BCUT2D eigenvalue weighted by molar-refractivity contribution is 6.65. The Kier molecular flexibility index (Phi) is 18.5. The number of nitriles is 1. The summed E-state index contributed by atoms with van der Waals surface area (Å²) < 4.78 is 12.7. The molecule has 12 heteroatoms. The second-order valence-corrected chi connectivity index (χ2v) is 30.8. The summed E-state index contributed by atoms with van der Waals surface area (Å²) in [6.45, 7) is 15.6. The van der Waals surface area contributed by atoms with Crippen molar-refractivity contribution in [3.05, 3.63) is 386 Å². The van der Waals surface area contributed by atoms with Crippen LogP contribution in [0.4, 0.5) is 5.69 Å². The summed E-state index contributed by atoms with van der Waals surface area (Å²) in [6.07, 6.45) is 0. The second kappa shape index (κ2) is 29.9. The van der Waals surface area contributed by atoms with E-state index in [1.807, 2.05) is 66.7 Å². The molecule has 0 amide bonds. The van der Waals surface area contributed by atoms with Gasteiger partial charge in [0.25, 0.3) is 0 Å². The zero-order valence-electron chi connectivity index (χ0n) is 64.0. The minimum atomic E-state index is -0.396. The van der Waals surface area contributed by atoms with Crippen LogP contribution in [0.5, 0.6) is 0 Å². The molecule has 1 fully saturated rings. The first-order valence-corrected chi connectivity index (χ1v) is 39.1. The zero-order valence-corrected chi connectivity index (χ0v) is 64.7. The summed E-state index contributed by atoms with van der Waals surface area (Å²) in [5.41, 5.74) is 22.9. The molecule has 1 aliphatic rings. The molecule has 0 unspecified atom stereocenters. The Labute approximate surface area is 676 Å². The van der Waals surface area contributed by atoms with Crippen LogP contribution < -0.4 is 5.46 Å². The van der Waals surface area contributed by atoms with E-state index in [4.69, 9.17) is 42.9 Å². The van der Waals surface area contributed by atoms with Crippen LogP contribution in [-0.2, 0) is 9.31 Å². The summed E-state index contributed by atoms with van der Waals surface area (Å²) >= 11 is 6.07. The maximum absolute atomic E-state index is 9.02. The maximum atomic E-state index is 9.02. The van der Waals surface area contributed by atoms with Crippen molar-refractivity contribution in [2.24, 2.45) is 0 Å². The van der Waals surface area contributed by atoms with Crippen LogP contribution in [0.3, 0.4) is 0 Å². The SMILES string of the molecule is CC1(C)OB(c2ccc(-c3ccc(-c4ccc(C#N)cc4)cc3)c3ccccc23)OC1(C)C.Clc1ccc2nn(-c3ccc(-c4cc5ccccc5c5ccccc45)cc3)nc2c1.[C-]#[N+]c1ccc(-c2ccc(-c3ccc(-c4ccc5nn(-c6ccc(-c7cc8ccccc8c8ccccc78)cc6)nc5c4)c4ccccc34)cc2)cc1. The van der Waals surface area contributed by atoms with E-state index >= 15 is 0 Å². The van der Waals surface area contributed by atoms with Crippen LogP contribution in [0.25, 0.3) is 181 Å². The Morgan fingerprint density at radius 1 is 0.319 bits per heavy atom. The van der Waals surface area contributed by atoms with Crippen LogP contribution in [-0.4, -0.2) is 48.3 Å². The van der Waals surface area contributed by atoms with Crippen molar-refractivity contribution in [1.82, 2.24) is 30.0 Å². The molecule has 0 bridgehead atoms. The van der Waals surface area contributed by atoms with E-state index in [9.17, 15) is 0 Å². The maximum Gasteiger partial charge on any atom is 0.495 e. The van der Waals surface area contributed by atoms with Gasteiger partial charge in [-0.3, -0.25) is 0 Å². The third kappa shape index (κ3) is 13.6. The van der Waals surface area contributed by atoms with E-state index in [0.717, 1.165) is 94.4 Å². The van der Waals surface area contributed by atoms with Gasteiger partial charge >= 0.3 is 7.12 Å². The number of halogens is 1. The molecule has 1 saturated heterocycles. The van der Waals surface area contributed by atoms with Gasteiger partial charge in [-0.25, -0.2) is 4.85 Å². The van der Waals surface area contributed by atoms with Gasteiger partial charge in [-0.15, -0.1) is 20.4 Å². The minimum Gasteiger partial charge on any atom is -0.399 e. The Balaban J connectivity index is 0.000000123. The van der Waals surface area contributed by atoms with Crippen LogP contribution in [0.2, 0.25) is 5.02 Å². The predicted molar refractivity (Wildman–Crippen MR) is 479 cm³/mol. The molecule has 2 aromatic heterocycles. The predicted octanol–water partition coefficient (Wildman–Crippen LogP) is 26.5. The molecule has 0 radical (unpaired) electrons. The van der Waals surface area contributed by atoms with E-state index < -0.39 is 7.12 Å². The molecule has 1 aliphatic heterocycles. The summed E-state index contributed by atoms with van der Waals surface area (Å²) in [7, 11) is -0.396. The number of nitrogens with zero attached hydrogens (tertiary/aromatic N) is 8. The van der Waals surface area contributed by atoms with Crippen molar-refractivity contribution < 1.29 is 9.31 Å². The molecule has 20 aromatic rings.